The maximum Gasteiger partial charge on any atom is 0.259 e. The minimum absolute atomic E-state index is 0.224. The smallest absolute Gasteiger partial charge is 0.259 e. The number of carbonyl (C=O) groups is 1. The van der Waals surface area contributed by atoms with E-state index >= 15 is 0 Å². The summed E-state index contributed by atoms with van der Waals surface area (Å²) in [5, 5.41) is 6.03. The number of aromatic nitrogens is 2. The van der Waals surface area contributed by atoms with Gasteiger partial charge in [0.15, 0.2) is 0 Å². The number of nitrogens with one attached hydrogen (secondary N) is 2. The largest absolute Gasteiger partial charge is 0.497 e. The van der Waals surface area contributed by atoms with Crippen LogP contribution in [0.15, 0.2) is 54.7 Å². The van der Waals surface area contributed by atoms with Crippen molar-refractivity contribution in [3.63, 3.8) is 0 Å². The van der Waals surface area contributed by atoms with Crippen molar-refractivity contribution in [3.05, 3.63) is 77.1 Å². The third kappa shape index (κ3) is 4.82. The molecule has 0 saturated heterocycles. The molecule has 3 aromatic rings. The fourth-order valence-electron chi connectivity index (χ4n) is 2.53. The molecule has 2 aromatic carbocycles. The second-order valence-electron chi connectivity index (χ2n) is 6.21. The van der Waals surface area contributed by atoms with Crippen molar-refractivity contribution in [2.75, 3.05) is 17.7 Å². The predicted molar refractivity (Wildman–Crippen MR) is 106 cm³/mol. The van der Waals surface area contributed by atoms with Gasteiger partial charge in [0.2, 0.25) is 5.95 Å². The third-order valence-corrected chi connectivity index (χ3v) is 4.14. The Morgan fingerprint density at radius 2 is 1.74 bits per heavy atom. The fourth-order valence-corrected chi connectivity index (χ4v) is 2.53. The van der Waals surface area contributed by atoms with Crippen molar-refractivity contribution >= 4 is 17.5 Å². The number of rotatable bonds is 6. The van der Waals surface area contributed by atoms with Crippen LogP contribution in [0.3, 0.4) is 0 Å². The van der Waals surface area contributed by atoms with Crippen molar-refractivity contribution in [3.8, 4) is 5.75 Å². The van der Waals surface area contributed by atoms with Crippen LogP contribution in [0.4, 0.5) is 11.6 Å². The van der Waals surface area contributed by atoms with E-state index in [1.165, 1.54) is 0 Å². The molecule has 27 heavy (non-hydrogen) atoms. The van der Waals surface area contributed by atoms with Gasteiger partial charge >= 0.3 is 0 Å². The van der Waals surface area contributed by atoms with Gasteiger partial charge in [-0.05, 0) is 43.7 Å². The Morgan fingerprint density at radius 3 is 2.37 bits per heavy atom. The molecule has 1 amide bonds. The zero-order valence-electron chi connectivity index (χ0n) is 15.6. The van der Waals surface area contributed by atoms with Crippen molar-refractivity contribution < 1.29 is 9.53 Å². The number of nitrogens with zero attached hydrogens (tertiary/aromatic N) is 2. The van der Waals surface area contributed by atoms with E-state index in [4.69, 9.17) is 4.74 Å². The van der Waals surface area contributed by atoms with Gasteiger partial charge in [0.1, 0.15) is 5.75 Å². The van der Waals surface area contributed by atoms with Gasteiger partial charge in [-0.3, -0.25) is 4.79 Å². The second kappa shape index (κ2) is 8.31. The summed E-state index contributed by atoms with van der Waals surface area (Å²) in [7, 11) is 1.64. The summed E-state index contributed by atoms with van der Waals surface area (Å²) in [6.45, 7) is 4.38. The first kappa shape index (κ1) is 18.4. The summed E-state index contributed by atoms with van der Waals surface area (Å²) in [6.07, 6.45) is 1.54. The molecular formula is C21H22N4O2. The number of hydrogen-bond acceptors (Lipinski definition) is 5. The number of ether oxygens (including phenoxy) is 1. The first-order chi connectivity index (χ1) is 13.0. The molecule has 0 spiro atoms. The quantitative estimate of drug-likeness (QED) is 0.694. The summed E-state index contributed by atoms with van der Waals surface area (Å²) in [5.41, 5.74) is 4.03. The van der Waals surface area contributed by atoms with Crippen LogP contribution in [0.25, 0.3) is 0 Å². The lowest BCUT2D eigenvalue weighted by molar-refractivity contribution is 0.102. The van der Waals surface area contributed by atoms with Crippen LogP contribution in [0.1, 0.15) is 27.2 Å². The van der Waals surface area contributed by atoms with Gasteiger partial charge in [-0.15, -0.1) is 0 Å². The molecule has 3 rings (SSSR count). The average Bonchev–Trinajstić information content (AvgIpc) is 2.68. The van der Waals surface area contributed by atoms with Crippen LogP contribution >= 0.6 is 0 Å². The minimum atomic E-state index is -0.224. The van der Waals surface area contributed by atoms with Crippen LogP contribution in [-0.2, 0) is 6.54 Å². The van der Waals surface area contributed by atoms with Gasteiger partial charge in [-0.1, -0.05) is 29.8 Å². The molecule has 0 aliphatic rings. The van der Waals surface area contributed by atoms with Crippen LogP contribution < -0.4 is 15.4 Å². The standard InChI is InChI=1S/C21H22N4O2/c1-14-4-8-17(9-5-14)25-20(26)19-13-23-21(24-15(19)2)22-12-16-6-10-18(27-3)11-7-16/h4-11,13H,12H2,1-3H3,(H,25,26)(H,22,23,24). The Hall–Kier alpha value is -3.41. The zero-order valence-corrected chi connectivity index (χ0v) is 15.6. The van der Waals surface area contributed by atoms with Gasteiger partial charge in [-0.2, -0.15) is 0 Å². The number of anilines is 2. The summed E-state index contributed by atoms with van der Waals surface area (Å²) in [4.78, 5) is 21.1. The van der Waals surface area contributed by atoms with Gasteiger partial charge in [0.25, 0.3) is 5.91 Å². The van der Waals surface area contributed by atoms with Crippen molar-refractivity contribution in [2.45, 2.75) is 20.4 Å². The molecular weight excluding hydrogens is 340 g/mol. The Bertz CT molecular complexity index is 922. The molecule has 6 heteroatoms. The highest BCUT2D eigenvalue weighted by molar-refractivity contribution is 6.04. The topological polar surface area (TPSA) is 76.1 Å². The third-order valence-electron chi connectivity index (χ3n) is 4.14. The Morgan fingerprint density at radius 1 is 1.04 bits per heavy atom. The fraction of sp³-hybridized carbons (Fsp3) is 0.190. The zero-order chi connectivity index (χ0) is 19.2. The summed E-state index contributed by atoms with van der Waals surface area (Å²) in [6, 6.07) is 15.4. The summed E-state index contributed by atoms with van der Waals surface area (Å²) in [5.74, 6) is 1.07. The van der Waals surface area contributed by atoms with E-state index in [-0.39, 0.29) is 5.91 Å². The second-order valence-corrected chi connectivity index (χ2v) is 6.21. The maximum absolute atomic E-state index is 12.4. The van der Waals surface area contributed by atoms with E-state index in [0.717, 1.165) is 22.6 Å². The maximum atomic E-state index is 12.4. The Kier molecular flexibility index (Phi) is 5.66. The number of amides is 1. The van der Waals surface area contributed by atoms with E-state index in [9.17, 15) is 4.79 Å². The lowest BCUT2D eigenvalue weighted by atomic mass is 10.2. The molecule has 1 heterocycles. The number of aryl methyl sites for hydroxylation is 2. The van der Waals surface area contributed by atoms with Crippen LogP contribution in [0.5, 0.6) is 5.75 Å². The van der Waals surface area contributed by atoms with Crippen molar-refractivity contribution in [1.29, 1.82) is 0 Å². The van der Waals surface area contributed by atoms with Gasteiger partial charge in [0.05, 0.1) is 18.4 Å². The molecule has 0 unspecified atom stereocenters. The highest BCUT2D eigenvalue weighted by Gasteiger charge is 2.12. The molecule has 0 bridgehead atoms. The molecule has 0 saturated carbocycles. The van der Waals surface area contributed by atoms with E-state index in [1.807, 2.05) is 55.5 Å². The number of hydrogen-bond donors (Lipinski definition) is 2. The molecule has 138 valence electrons. The van der Waals surface area contributed by atoms with Crippen LogP contribution in [0, 0.1) is 13.8 Å². The lowest BCUT2D eigenvalue weighted by Crippen LogP contribution is -2.15. The van der Waals surface area contributed by atoms with Crippen LogP contribution in [-0.4, -0.2) is 23.0 Å². The van der Waals surface area contributed by atoms with E-state index < -0.39 is 0 Å². The molecule has 1 aromatic heterocycles. The minimum Gasteiger partial charge on any atom is -0.497 e. The highest BCUT2D eigenvalue weighted by atomic mass is 16.5. The first-order valence-electron chi connectivity index (χ1n) is 8.63. The van der Waals surface area contributed by atoms with Crippen molar-refractivity contribution in [1.82, 2.24) is 9.97 Å². The molecule has 0 atom stereocenters. The molecule has 6 nitrogen and oxygen atoms in total. The number of benzene rings is 2. The normalized spacial score (nSPS) is 10.3. The van der Waals surface area contributed by atoms with Gasteiger partial charge < -0.3 is 15.4 Å². The number of methoxy groups -OCH3 is 1. The highest BCUT2D eigenvalue weighted by Crippen LogP contribution is 2.15. The van der Waals surface area contributed by atoms with Crippen LogP contribution in [0.2, 0.25) is 0 Å². The summed E-state index contributed by atoms with van der Waals surface area (Å²) < 4.78 is 5.15. The molecule has 2 N–H and O–H groups in total. The molecule has 0 fully saturated rings. The molecule has 0 radical (unpaired) electrons. The first-order valence-corrected chi connectivity index (χ1v) is 8.63. The predicted octanol–water partition coefficient (Wildman–Crippen LogP) is 3.97. The van der Waals surface area contributed by atoms with E-state index in [0.29, 0.717) is 23.8 Å². The monoisotopic (exact) mass is 362 g/mol. The van der Waals surface area contributed by atoms with E-state index in [2.05, 4.69) is 20.6 Å². The lowest BCUT2D eigenvalue weighted by Gasteiger charge is -2.10. The Labute approximate surface area is 158 Å². The van der Waals surface area contributed by atoms with Gasteiger partial charge in [-0.25, -0.2) is 9.97 Å². The average molecular weight is 362 g/mol. The number of carbonyl (C=O) groups excluding carboxylic acids is 1. The van der Waals surface area contributed by atoms with Crippen molar-refractivity contribution in [2.24, 2.45) is 0 Å². The summed E-state index contributed by atoms with van der Waals surface area (Å²) >= 11 is 0. The van der Waals surface area contributed by atoms with E-state index in [1.54, 1.807) is 20.2 Å². The van der Waals surface area contributed by atoms with Gasteiger partial charge in [0, 0.05) is 18.4 Å². The molecule has 0 aliphatic heterocycles. The SMILES string of the molecule is COc1ccc(CNc2ncc(C(=O)Nc3ccc(C)cc3)c(C)n2)cc1. The Balaban J connectivity index is 1.63. The molecule has 0 aliphatic carbocycles.